The minimum absolute atomic E-state index is 0.0981. The van der Waals surface area contributed by atoms with E-state index in [1.54, 1.807) is 0 Å². The molecule has 1 aliphatic heterocycles. The van der Waals surface area contributed by atoms with E-state index in [4.69, 9.17) is 18.0 Å². The third kappa shape index (κ3) is 3.20. The number of aryl methyl sites for hydroxylation is 2. The molecule has 6 heteroatoms. The van der Waals surface area contributed by atoms with Crippen LogP contribution >= 0.6 is 12.2 Å². The lowest BCUT2D eigenvalue weighted by Gasteiger charge is -2.25. The van der Waals surface area contributed by atoms with Crippen LogP contribution in [0.5, 0.6) is 0 Å². The highest BCUT2D eigenvalue weighted by Gasteiger charge is 2.20. The molecule has 1 aromatic heterocycles. The molecular formula is C13H18N4OS. The number of hydrogen-bond donors (Lipinski definition) is 3. The molecule has 1 aromatic rings. The number of aromatic nitrogens is 1. The topological polar surface area (TPSA) is 80.0 Å². The SMILES string of the molecule is Cc1cc(C)c(C(N)=S)c(NC2CCC(=O)NC2)n1. The Hall–Kier alpha value is -1.69. The number of nitrogens with zero attached hydrogens (tertiary/aromatic N) is 1. The Morgan fingerprint density at radius 2 is 2.32 bits per heavy atom. The maximum absolute atomic E-state index is 11.1. The number of rotatable bonds is 3. The first kappa shape index (κ1) is 13.7. The molecule has 1 unspecified atom stereocenters. The van der Waals surface area contributed by atoms with Gasteiger partial charge in [-0.1, -0.05) is 12.2 Å². The number of carbonyl (C=O) groups is 1. The molecule has 0 spiro atoms. The Morgan fingerprint density at radius 1 is 1.58 bits per heavy atom. The first-order valence-corrected chi connectivity index (χ1v) is 6.69. The van der Waals surface area contributed by atoms with Crippen LogP contribution in [0.15, 0.2) is 6.07 Å². The summed E-state index contributed by atoms with van der Waals surface area (Å²) in [6.45, 7) is 4.51. The van der Waals surface area contributed by atoms with Crippen molar-refractivity contribution >= 4 is 28.9 Å². The Labute approximate surface area is 118 Å². The third-order valence-corrected chi connectivity index (χ3v) is 3.40. The zero-order chi connectivity index (χ0) is 14.0. The van der Waals surface area contributed by atoms with Gasteiger partial charge in [-0.05, 0) is 31.9 Å². The number of pyridine rings is 1. The lowest BCUT2D eigenvalue weighted by atomic mass is 10.1. The molecule has 1 fully saturated rings. The van der Waals surface area contributed by atoms with Crippen molar-refractivity contribution in [1.29, 1.82) is 0 Å². The molecule has 2 rings (SSSR count). The number of piperidine rings is 1. The monoisotopic (exact) mass is 278 g/mol. The first-order chi connectivity index (χ1) is 8.97. The van der Waals surface area contributed by atoms with E-state index >= 15 is 0 Å². The van der Waals surface area contributed by atoms with Crippen LogP contribution < -0.4 is 16.4 Å². The molecule has 19 heavy (non-hydrogen) atoms. The van der Waals surface area contributed by atoms with Gasteiger partial charge in [-0.25, -0.2) is 4.98 Å². The summed E-state index contributed by atoms with van der Waals surface area (Å²) in [5.74, 6) is 0.812. The van der Waals surface area contributed by atoms with Crippen LogP contribution in [0.2, 0.25) is 0 Å². The van der Waals surface area contributed by atoms with E-state index in [2.05, 4.69) is 15.6 Å². The maximum Gasteiger partial charge on any atom is 0.220 e. The van der Waals surface area contributed by atoms with Gasteiger partial charge in [0.15, 0.2) is 0 Å². The second-order valence-electron chi connectivity index (χ2n) is 4.85. The van der Waals surface area contributed by atoms with E-state index in [9.17, 15) is 4.79 Å². The van der Waals surface area contributed by atoms with Gasteiger partial charge in [0.05, 0.1) is 5.56 Å². The van der Waals surface area contributed by atoms with Gasteiger partial charge in [0, 0.05) is 24.7 Å². The Kier molecular flexibility index (Phi) is 3.99. The Balaban J connectivity index is 2.24. The molecule has 102 valence electrons. The third-order valence-electron chi connectivity index (χ3n) is 3.20. The highest BCUT2D eigenvalue weighted by molar-refractivity contribution is 7.80. The van der Waals surface area contributed by atoms with Crippen LogP contribution in [-0.2, 0) is 4.79 Å². The Morgan fingerprint density at radius 3 is 2.89 bits per heavy atom. The average molecular weight is 278 g/mol. The van der Waals surface area contributed by atoms with Crippen molar-refractivity contribution in [2.45, 2.75) is 32.7 Å². The number of thiocarbonyl (C=S) groups is 1. The number of anilines is 1. The van der Waals surface area contributed by atoms with Crippen LogP contribution in [0.25, 0.3) is 0 Å². The van der Waals surface area contributed by atoms with Gasteiger partial charge < -0.3 is 16.4 Å². The predicted octanol–water partition coefficient (Wildman–Crippen LogP) is 1.02. The second-order valence-corrected chi connectivity index (χ2v) is 5.29. The second kappa shape index (κ2) is 5.52. The van der Waals surface area contributed by atoms with Gasteiger partial charge in [-0.15, -0.1) is 0 Å². The fraction of sp³-hybridized carbons (Fsp3) is 0.462. The van der Waals surface area contributed by atoms with E-state index in [0.29, 0.717) is 23.8 Å². The van der Waals surface area contributed by atoms with Crippen LogP contribution in [0.1, 0.15) is 29.7 Å². The van der Waals surface area contributed by atoms with E-state index in [1.807, 2.05) is 19.9 Å². The fourth-order valence-corrected chi connectivity index (χ4v) is 2.56. The van der Waals surface area contributed by atoms with Gasteiger partial charge in [0.2, 0.25) is 5.91 Å². The summed E-state index contributed by atoms with van der Waals surface area (Å²) in [6.07, 6.45) is 1.32. The number of hydrogen-bond acceptors (Lipinski definition) is 4. The Bertz CT molecular complexity index is 520. The van der Waals surface area contributed by atoms with Gasteiger partial charge in [-0.3, -0.25) is 4.79 Å². The van der Waals surface area contributed by atoms with Crippen LogP contribution in [0.4, 0.5) is 5.82 Å². The average Bonchev–Trinajstić information content (AvgIpc) is 2.30. The molecule has 4 N–H and O–H groups in total. The van der Waals surface area contributed by atoms with Crippen molar-refractivity contribution in [1.82, 2.24) is 10.3 Å². The maximum atomic E-state index is 11.1. The van der Waals surface area contributed by atoms with E-state index in [-0.39, 0.29) is 11.9 Å². The molecule has 1 saturated heterocycles. The molecular weight excluding hydrogens is 260 g/mol. The molecule has 2 heterocycles. The van der Waals surface area contributed by atoms with Gasteiger partial charge in [0.1, 0.15) is 10.8 Å². The van der Waals surface area contributed by atoms with Crippen molar-refractivity contribution in [3.63, 3.8) is 0 Å². The first-order valence-electron chi connectivity index (χ1n) is 6.28. The fourth-order valence-electron chi connectivity index (χ4n) is 2.30. The number of nitrogens with two attached hydrogens (primary N) is 1. The molecule has 0 aromatic carbocycles. The summed E-state index contributed by atoms with van der Waals surface area (Å²) in [7, 11) is 0. The number of amides is 1. The van der Waals surface area contributed by atoms with Crippen molar-refractivity contribution in [2.75, 3.05) is 11.9 Å². The highest BCUT2D eigenvalue weighted by atomic mass is 32.1. The number of nitrogens with one attached hydrogen (secondary N) is 2. The zero-order valence-electron chi connectivity index (χ0n) is 11.1. The van der Waals surface area contributed by atoms with Crippen molar-refractivity contribution in [3.05, 3.63) is 22.9 Å². The molecule has 0 aliphatic carbocycles. The van der Waals surface area contributed by atoms with Crippen LogP contribution in [-0.4, -0.2) is 28.5 Å². The molecule has 0 radical (unpaired) electrons. The van der Waals surface area contributed by atoms with E-state index in [0.717, 1.165) is 23.2 Å². The highest BCUT2D eigenvalue weighted by Crippen LogP contribution is 2.20. The minimum Gasteiger partial charge on any atom is -0.389 e. The summed E-state index contributed by atoms with van der Waals surface area (Å²) >= 11 is 5.09. The van der Waals surface area contributed by atoms with Gasteiger partial charge >= 0.3 is 0 Å². The number of carbonyl (C=O) groups excluding carboxylic acids is 1. The lowest BCUT2D eigenvalue weighted by molar-refractivity contribution is -0.122. The molecule has 1 aliphatic rings. The zero-order valence-corrected chi connectivity index (χ0v) is 11.9. The summed E-state index contributed by atoms with van der Waals surface area (Å²) < 4.78 is 0. The van der Waals surface area contributed by atoms with Gasteiger partial charge in [-0.2, -0.15) is 0 Å². The van der Waals surface area contributed by atoms with Crippen LogP contribution in [0.3, 0.4) is 0 Å². The summed E-state index contributed by atoms with van der Waals surface area (Å²) in [5.41, 5.74) is 8.50. The molecule has 0 bridgehead atoms. The molecule has 1 amide bonds. The minimum atomic E-state index is 0.0981. The van der Waals surface area contributed by atoms with Crippen molar-refractivity contribution < 1.29 is 4.79 Å². The molecule has 0 saturated carbocycles. The largest absolute Gasteiger partial charge is 0.389 e. The normalized spacial score (nSPS) is 18.8. The smallest absolute Gasteiger partial charge is 0.220 e. The van der Waals surface area contributed by atoms with Crippen molar-refractivity contribution in [3.8, 4) is 0 Å². The summed E-state index contributed by atoms with van der Waals surface area (Å²) in [6, 6.07) is 2.13. The standard InChI is InChI=1S/C13H18N4OS/c1-7-5-8(2)16-13(11(7)12(14)19)17-9-3-4-10(18)15-6-9/h5,9H,3-4,6H2,1-2H3,(H2,14,19)(H,15,18)(H,16,17). The summed E-state index contributed by atoms with van der Waals surface area (Å²) in [5, 5.41) is 6.18. The van der Waals surface area contributed by atoms with Gasteiger partial charge in [0.25, 0.3) is 0 Å². The molecule has 5 nitrogen and oxygen atoms in total. The quantitative estimate of drug-likeness (QED) is 0.719. The van der Waals surface area contributed by atoms with Crippen LogP contribution in [0, 0.1) is 13.8 Å². The molecule has 1 atom stereocenters. The summed E-state index contributed by atoms with van der Waals surface area (Å²) in [4.78, 5) is 16.0. The van der Waals surface area contributed by atoms with E-state index < -0.39 is 0 Å². The lowest BCUT2D eigenvalue weighted by Crippen LogP contribution is -2.42. The predicted molar refractivity (Wildman–Crippen MR) is 79.3 cm³/mol. The van der Waals surface area contributed by atoms with E-state index in [1.165, 1.54) is 0 Å². The van der Waals surface area contributed by atoms with Crippen molar-refractivity contribution in [2.24, 2.45) is 5.73 Å².